The molecule has 0 saturated heterocycles. The van der Waals surface area contributed by atoms with E-state index in [0.717, 1.165) is 23.5 Å². The lowest BCUT2D eigenvalue weighted by Gasteiger charge is -2.10. The topological polar surface area (TPSA) is 18.5 Å². The molecule has 0 heterocycles. The molecule has 0 bridgehead atoms. The van der Waals surface area contributed by atoms with Crippen LogP contribution in [0.2, 0.25) is 0 Å². The number of ether oxygens (including phenoxy) is 2. The molecule has 23 heavy (non-hydrogen) atoms. The molecular formula is C21H18O2. The Labute approximate surface area is 136 Å². The van der Waals surface area contributed by atoms with Crippen LogP contribution in [0.3, 0.4) is 0 Å². The summed E-state index contributed by atoms with van der Waals surface area (Å²) in [5.74, 6) is 1.62. The first-order chi connectivity index (χ1) is 11.3. The molecule has 4 rings (SSSR count). The molecule has 0 N–H and O–H groups in total. The lowest BCUT2D eigenvalue weighted by molar-refractivity contribution is 0.394. The Morgan fingerprint density at radius 1 is 0.652 bits per heavy atom. The quantitative estimate of drug-likeness (QED) is 0.533. The largest absolute Gasteiger partial charge is 0.497 e. The number of rotatable bonds is 3. The van der Waals surface area contributed by atoms with Gasteiger partial charge in [0.15, 0.2) is 0 Å². The van der Waals surface area contributed by atoms with Crippen LogP contribution in [0.4, 0.5) is 0 Å². The Morgan fingerprint density at radius 3 is 2.09 bits per heavy atom. The second-order valence-electron chi connectivity index (χ2n) is 5.81. The summed E-state index contributed by atoms with van der Waals surface area (Å²) >= 11 is 0. The van der Waals surface area contributed by atoms with E-state index in [4.69, 9.17) is 9.47 Å². The van der Waals surface area contributed by atoms with Crippen LogP contribution in [0.25, 0.3) is 22.3 Å². The molecule has 1 aliphatic carbocycles. The van der Waals surface area contributed by atoms with Crippen molar-refractivity contribution in [2.45, 2.75) is 6.42 Å². The van der Waals surface area contributed by atoms with E-state index in [-0.39, 0.29) is 0 Å². The van der Waals surface area contributed by atoms with E-state index in [1.54, 1.807) is 14.2 Å². The van der Waals surface area contributed by atoms with Crippen LogP contribution in [0.15, 0.2) is 60.7 Å². The molecule has 0 saturated carbocycles. The van der Waals surface area contributed by atoms with Gasteiger partial charge in [0.25, 0.3) is 0 Å². The van der Waals surface area contributed by atoms with E-state index >= 15 is 0 Å². The van der Waals surface area contributed by atoms with Crippen molar-refractivity contribution in [2.24, 2.45) is 0 Å². The van der Waals surface area contributed by atoms with Gasteiger partial charge in [0.05, 0.1) is 14.2 Å². The first-order valence-corrected chi connectivity index (χ1v) is 7.73. The summed E-state index contributed by atoms with van der Waals surface area (Å²) in [5.41, 5.74) is 7.79. The van der Waals surface area contributed by atoms with Crippen LogP contribution < -0.4 is 9.47 Å². The third-order valence-electron chi connectivity index (χ3n) is 4.48. The van der Waals surface area contributed by atoms with Crippen LogP contribution in [-0.2, 0) is 6.42 Å². The summed E-state index contributed by atoms with van der Waals surface area (Å²) in [6.45, 7) is 0. The SMILES string of the molecule is COc1cc(OC)cc(-c2ccc3c(c2)Cc2ccccc2-3)c1. The zero-order chi connectivity index (χ0) is 15.8. The fraction of sp³-hybridized carbons (Fsp3) is 0.143. The second-order valence-corrected chi connectivity index (χ2v) is 5.81. The monoisotopic (exact) mass is 302 g/mol. The lowest BCUT2D eigenvalue weighted by Crippen LogP contribution is -1.89. The summed E-state index contributed by atoms with van der Waals surface area (Å²) in [4.78, 5) is 0. The van der Waals surface area contributed by atoms with E-state index in [2.05, 4.69) is 42.5 Å². The Hall–Kier alpha value is -2.74. The number of fused-ring (bicyclic) bond motifs is 3. The van der Waals surface area contributed by atoms with Gasteiger partial charge in [-0.05, 0) is 51.9 Å². The van der Waals surface area contributed by atoms with Crippen molar-refractivity contribution in [1.82, 2.24) is 0 Å². The summed E-state index contributed by atoms with van der Waals surface area (Å²) < 4.78 is 10.8. The molecule has 0 atom stereocenters. The van der Waals surface area contributed by atoms with Crippen molar-refractivity contribution in [2.75, 3.05) is 14.2 Å². The number of hydrogen-bond acceptors (Lipinski definition) is 2. The molecular weight excluding hydrogens is 284 g/mol. The van der Waals surface area contributed by atoms with Gasteiger partial charge in [0.2, 0.25) is 0 Å². The van der Waals surface area contributed by atoms with Gasteiger partial charge in [-0.25, -0.2) is 0 Å². The summed E-state index contributed by atoms with van der Waals surface area (Å²) in [6.07, 6.45) is 1.00. The van der Waals surface area contributed by atoms with Crippen molar-refractivity contribution in [1.29, 1.82) is 0 Å². The normalized spacial score (nSPS) is 11.7. The molecule has 0 aromatic heterocycles. The van der Waals surface area contributed by atoms with E-state index in [0.29, 0.717) is 0 Å². The molecule has 0 spiro atoms. The number of methoxy groups -OCH3 is 2. The molecule has 3 aromatic carbocycles. The van der Waals surface area contributed by atoms with Crippen molar-refractivity contribution in [3.63, 3.8) is 0 Å². The zero-order valence-corrected chi connectivity index (χ0v) is 13.3. The zero-order valence-electron chi connectivity index (χ0n) is 13.3. The molecule has 0 unspecified atom stereocenters. The van der Waals surface area contributed by atoms with Gasteiger partial charge in [-0.15, -0.1) is 0 Å². The predicted octanol–water partition coefficient (Wildman–Crippen LogP) is 4.94. The molecule has 1 aliphatic rings. The fourth-order valence-electron chi connectivity index (χ4n) is 3.30. The highest BCUT2D eigenvalue weighted by Crippen LogP contribution is 2.39. The highest BCUT2D eigenvalue weighted by Gasteiger charge is 2.18. The predicted molar refractivity (Wildman–Crippen MR) is 93.2 cm³/mol. The third-order valence-corrected chi connectivity index (χ3v) is 4.48. The van der Waals surface area contributed by atoms with Gasteiger partial charge in [-0.1, -0.05) is 42.5 Å². The maximum absolute atomic E-state index is 5.38. The van der Waals surface area contributed by atoms with Gasteiger partial charge in [-0.3, -0.25) is 0 Å². The second kappa shape index (κ2) is 5.47. The van der Waals surface area contributed by atoms with E-state index in [1.807, 2.05) is 18.2 Å². The van der Waals surface area contributed by atoms with E-state index in [9.17, 15) is 0 Å². The highest BCUT2D eigenvalue weighted by atomic mass is 16.5. The van der Waals surface area contributed by atoms with Gasteiger partial charge in [0.1, 0.15) is 11.5 Å². The van der Waals surface area contributed by atoms with Crippen LogP contribution in [0.1, 0.15) is 11.1 Å². The van der Waals surface area contributed by atoms with E-state index in [1.165, 1.54) is 27.8 Å². The number of benzene rings is 3. The Balaban J connectivity index is 1.79. The van der Waals surface area contributed by atoms with E-state index < -0.39 is 0 Å². The average molecular weight is 302 g/mol. The molecule has 114 valence electrons. The highest BCUT2D eigenvalue weighted by molar-refractivity contribution is 5.80. The molecule has 0 radical (unpaired) electrons. The van der Waals surface area contributed by atoms with Crippen molar-refractivity contribution in [3.8, 4) is 33.8 Å². The van der Waals surface area contributed by atoms with Crippen molar-refractivity contribution >= 4 is 0 Å². The smallest absolute Gasteiger partial charge is 0.123 e. The van der Waals surface area contributed by atoms with Crippen molar-refractivity contribution in [3.05, 3.63) is 71.8 Å². The van der Waals surface area contributed by atoms with Gasteiger partial charge in [0, 0.05) is 6.07 Å². The first kappa shape index (κ1) is 13.9. The van der Waals surface area contributed by atoms with Gasteiger partial charge in [-0.2, -0.15) is 0 Å². The maximum Gasteiger partial charge on any atom is 0.123 e. The molecule has 0 aliphatic heterocycles. The standard InChI is InChI=1S/C21H18O2/c1-22-18-11-16(12-19(13-18)23-2)14-7-8-21-17(9-14)10-15-5-3-4-6-20(15)21/h3-9,11-13H,10H2,1-2H3. The maximum atomic E-state index is 5.38. The first-order valence-electron chi connectivity index (χ1n) is 7.73. The Kier molecular flexibility index (Phi) is 3.30. The Bertz CT molecular complexity index is 859. The molecule has 2 nitrogen and oxygen atoms in total. The minimum Gasteiger partial charge on any atom is -0.497 e. The summed E-state index contributed by atoms with van der Waals surface area (Å²) in [5, 5.41) is 0. The number of hydrogen-bond donors (Lipinski definition) is 0. The van der Waals surface area contributed by atoms with Crippen LogP contribution in [0, 0.1) is 0 Å². The Morgan fingerprint density at radius 2 is 1.35 bits per heavy atom. The molecule has 0 amide bonds. The average Bonchev–Trinajstić information content (AvgIpc) is 2.98. The van der Waals surface area contributed by atoms with Gasteiger partial charge < -0.3 is 9.47 Å². The summed E-state index contributed by atoms with van der Waals surface area (Å²) in [6, 6.07) is 21.3. The van der Waals surface area contributed by atoms with Crippen molar-refractivity contribution < 1.29 is 9.47 Å². The van der Waals surface area contributed by atoms with Crippen LogP contribution >= 0.6 is 0 Å². The third kappa shape index (κ3) is 2.36. The minimum atomic E-state index is 0.808. The molecule has 0 fully saturated rings. The van der Waals surface area contributed by atoms with Crippen LogP contribution in [0.5, 0.6) is 11.5 Å². The fourth-order valence-corrected chi connectivity index (χ4v) is 3.30. The molecule has 2 heteroatoms. The van der Waals surface area contributed by atoms with Crippen LogP contribution in [-0.4, -0.2) is 14.2 Å². The lowest BCUT2D eigenvalue weighted by atomic mass is 9.99. The van der Waals surface area contributed by atoms with Gasteiger partial charge >= 0.3 is 0 Å². The minimum absolute atomic E-state index is 0.808. The summed E-state index contributed by atoms with van der Waals surface area (Å²) in [7, 11) is 3.36. The molecule has 3 aromatic rings.